The molecule has 0 amide bonds. The first-order chi connectivity index (χ1) is 5.50. The van der Waals surface area contributed by atoms with E-state index in [9.17, 15) is 0 Å². The molecule has 1 unspecified atom stereocenters. The molecule has 74 valence electrons. The predicted molar refractivity (Wildman–Crippen MR) is 42.0 cm³/mol. The highest BCUT2D eigenvalue weighted by Crippen LogP contribution is 1.80. The molecule has 0 aromatic heterocycles. The second-order valence-electron chi connectivity index (χ2n) is 1.99. The molecule has 0 spiro atoms. The predicted octanol–water partition coefficient (Wildman–Crippen LogP) is -2.68. The van der Waals surface area contributed by atoms with E-state index in [-0.39, 0.29) is 6.61 Å². The fraction of sp³-hybridized carbons (Fsp3) is 1.00. The lowest BCUT2D eigenvalue weighted by Crippen LogP contribution is -2.12. The van der Waals surface area contributed by atoms with Crippen molar-refractivity contribution in [2.24, 2.45) is 0 Å². The summed E-state index contributed by atoms with van der Waals surface area (Å²) >= 11 is 0. The average Bonchev–Trinajstić information content (AvgIpc) is 1.86. The van der Waals surface area contributed by atoms with Crippen molar-refractivity contribution < 1.29 is 30.0 Å². The van der Waals surface area contributed by atoms with Crippen LogP contribution in [0.3, 0.4) is 0 Å². The first kappa shape index (κ1) is 14.4. The van der Waals surface area contributed by atoms with Gasteiger partial charge in [-0.15, -0.1) is 0 Å². The highest BCUT2D eigenvalue weighted by atomic mass is 16.5. The maximum atomic E-state index is 8.57. The summed E-state index contributed by atoms with van der Waals surface area (Å²) in [6.45, 7) is 2.27. The largest absolute Gasteiger partial charge is 0.631 e. The van der Waals surface area contributed by atoms with Gasteiger partial charge in [-0.3, -0.25) is 0 Å². The number of aliphatic hydroxyl groups excluding tert-OH is 2. The van der Waals surface area contributed by atoms with Gasteiger partial charge in [0.1, 0.15) is 0 Å². The zero-order chi connectivity index (χ0) is 9.98. The molecule has 5 N–H and O–H groups in total. The van der Waals surface area contributed by atoms with E-state index in [0.717, 1.165) is 0 Å². The van der Waals surface area contributed by atoms with E-state index in [1.54, 1.807) is 6.92 Å². The third-order valence-corrected chi connectivity index (χ3v) is 0.595. The molecule has 0 bridgehead atoms. The topological polar surface area (TPSA) is 110 Å². The quantitative estimate of drug-likeness (QED) is 0.239. The van der Waals surface area contributed by atoms with Crippen molar-refractivity contribution in [2.45, 2.75) is 13.0 Å². The molecule has 1 atom stereocenters. The van der Waals surface area contributed by atoms with Gasteiger partial charge in [-0.25, -0.2) is 0 Å². The Morgan fingerprint density at radius 1 is 1.33 bits per heavy atom. The lowest BCUT2D eigenvalue weighted by Gasteiger charge is -2.02. The molecule has 6 nitrogen and oxygen atoms in total. The first-order valence-corrected chi connectivity index (χ1v) is 3.41. The molecular weight excluding hydrogens is 167 g/mol. The summed E-state index contributed by atoms with van der Waals surface area (Å²) in [4.78, 5) is 0. The fourth-order valence-corrected chi connectivity index (χ4v) is 0.318. The molecule has 0 aromatic carbocycles. The van der Waals surface area contributed by atoms with E-state index < -0.39 is 13.4 Å². The van der Waals surface area contributed by atoms with Crippen LogP contribution < -0.4 is 0 Å². The Bertz CT molecular complexity index is 75.6. The zero-order valence-corrected chi connectivity index (χ0v) is 6.92. The van der Waals surface area contributed by atoms with Crippen LogP contribution in [0, 0.1) is 0 Å². The van der Waals surface area contributed by atoms with Crippen molar-refractivity contribution in [3.63, 3.8) is 0 Å². The van der Waals surface area contributed by atoms with E-state index in [0.29, 0.717) is 13.2 Å². The Morgan fingerprint density at radius 2 is 1.75 bits per heavy atom. The molecule has 0 saturated carbocycles. The van der Waals surface area contributed by atoms with Crippen molar-refractivity contribution in [1.82, 2.24) is 0 Å². The molecule has 0 aliphatic carbocycles. The van der Waals surface area contributed by atoms with Gasteiger partial charge in [0.05, 0.1) is 25.9 Å². The van der Waals surface area contributed by atoms with Crippen LogP contribution in [0.2, 0.25) is 0 Å². The van der Waals surface area contributed by atoms with Crippen molar-refractivity contribution in [3.8, 4) is 0 Å². The molecule has 0 aromatic rings. The Balaban J connectivity index is 0. The van der Waals surface area contributed by atoms with Gasteiger partial charge in [-0.05, 0) is 6.92 Å². The monoisotopic (exact) mass is 182 g/mol. The Kier molecular flexibility index (Phi) is 12.9. The molecule has 0 rings (SSSR count). The third-order valence-electron chi connectivity index (χ3n) is 0.595. The summed E-state index contributed by atoms with van der Waals surface area (Å²) in [5.41, 5.74) is 0. The molecule has 0 saturated heterocycles. The molecule has 0 aliphatic heterocycles. The number of aliphatic hydroxyl groups is 2. The summed E-state index contributed by atoms with van der Waals surface area (Å²) in [7, 11) is -2.17. The first-order valence-electron chi connectivity index (χ1n) is 3.41. The Hall–Kier alpha value is -0.175. The summed E-state index contributed by atoms with van der Waals surface area (Å²) in [5, 5.41) is 38.2. The lowest BCUT2D eigenvalue weighted by molar-refractivity contribution is 0.0292. The highest BCUT2D eigenvalue weighted by molar-refractivity contribution is 6.30. The molecule has 12 heavy (non-hydrogen) atoms. The van der Waals surface area contributed by atoms with Crippen LogP contribution in [0.25, 0.3) is 0 Å². The number of hydrogen-bond donors (Lipinski definition) is 5. The van der Waals surface area contributed by atoms with Gasteiger partial charge in [0.15, 0.2) is 0 Å². The van der Waals surface area contributed by atoms with E-state index in [4.69, 9.17) is 30.0 Å². The molecule has 0 fully saturated rings. The second-order valence-corrected chi connectivity index (χ2v) is 1.99. The normalized spacial score (nSPS) is 11.5. The maximum absolute atomic E-state index is 8.57. The van der Waals surface area contributed by atoms with Crippen LogP contribution >= 0.6 is 0 Å². The van der Waals surface area contributed by atoms with E-state index in [2.05, 4.69) is 0 Å². The van der Waals surface area contributed by atoms with Crippen LogP contribution in [0.15, 0.2) is 0 Å². The van der Waals surface area contributed by atoms with E-state index in [1.165, 1.54) is 0 Å². The van der Waals surface area contributed by atoms with Crippen LogP contribution in [0.4, 0.5) is 0 Å². The molecular formula is C5H15BO6. The van der Waals surface area contributed by atoms with Gasteiger partial charge in [-0.2, -0.15) is 0 Å². The van der Waals surface area contributed by atoms with Crippen molar-refractivity contribution in [2.75, 3.05) is 19.8 Å². The van der Waals surface area contributed by atoms with Gasteiger partial charge in [0, 0.05) is 0 Å². The zero-order valence-electron chi connectivity index (χ0n) is 6.92. The van der Waals surface area contributed by atoms with Gasteiger partial charge < -0.3 is 30.0 Å². The van der Waals surface area contributed by atoms with Crippen LogP contribution in [-0.4, -0.2) is 58.5 Å². The van der Waals surface area contributed by atoms with E-state index >= 15 is 0 Å². The average molecular weight is 182 g/mol. The van der Waals surface area contributed by atoms with Gasteiger partial charge >= 0.3 is 7.32 Å². The van der Waals surface area contributed by atoms with Gasteiger partial charge in [0.25, 0.3) is 0 Å². The fourth-order valence-electron chi connectivity index (χ4n) is 0.318. The molecule has 7 heteroatoms. The Morgan fingerprint density at radius 3 is 2.00 bits per heavy atom. The smallest absolute Gasteiger partial charge is 0.402 e. The standard InChI is InChI=1S/C5H12O3.BH3O3/c1-5(7)4-8-3-2-6;2-1(3)4/h5-7H,2-4H2,1H3;2-4H. The van der Waals surface area contributed by atoms with Gasteiger partial charge in [-0.1, -0.05) is 0 Å². The van der Waals surface area contributed by atoms with Crippen molar-refractivity contribution >= 4 is 7.32 Å². The van der Waals surface area contributed by atoms with Crippen LogP contribution in [-0.2, 0) is 4.74 Å². The van der Waals surface area contributed by atoms with Crippen molar-refractivity contribution in [3.05, 3.63) is 0 Å². The summed E-state index contributed by atoms with van der Waals surface area (Å²) in [6, 6.07) is 0. The molecule has 0 heterocycles. The van der Waals surface area contributed by atoms with Crippen molar-refractivity contribution in [1.29, 1.82) is 0 Å². The second kappa shape index (κ2) is 10.8. The molecule has 0 aliphatic rings. The highest BCUT2D eigenvalue weighted by Gasteiger charge is 1.92. The minimum absolute atomic E-state index is 0.0206. The number of hydrogen-bond acceptors (Lipinski definition) is 6. The maximum Gasteiger partial charge on any atom is 0.631 e. The van der Waals surface area contributed by atoms with Gasteiger partial charge in [0.2, 0.25) is 0 Å². The summed E-state index contributed by atoms with van der Waals surface area (Å²) in [5.74, 6) is 0. The summed E-state index contributed by atoms with van der Waals surface area (Å²) in [6.07, 6.45) is -0.429. The minimum Gasteiger partial charge on any atom is -0.402 e. The van der Waals surface area contributed by atoms with E-state index in [1.807, 2.05) is 0 Å². The molecule has 0 radical (unpaired) electrons. The SMILES string of the molecule is CC(O)COCCO.OB(O)O. The Labute approximate surface area is 71.2 Å². The summed E-state index contributed by atoms with van der Waals surface area (Å²) < 4.78 is 4.74. The van der Waals surface area contributed by atoms with Crippen LogP contribution in [0.5, 0.6) is 0 Å². The minimum atomic E-state index is -2.17. The van der Waals surface area contributed by atoms with Crippen LogP contribution in [0.1, 0.15) is 6.92 Å². The third kappa shape index (κ3) is 32.9. The number of ether oxygens (including phenoxy) is 1. The lowest BCUT2D eigenvalue weighted by atomic mass is 10.3. The number of rotatable bonds is 4.